The fraction of sp³-hybridized carbons (Fsp3) is 0.529. The van der Waals surface area contributed by atoms with Crippen molar-refractivity contribution < 1.29 is 24.2 Å². The second kappa shape index (κ2) is 8.82. The van der Waals surface area contributed by atoms with Gasteiger partial charge in [0.05, 0.1) is 24.2 Å². The predicted octanol–water partition coefficient (Wildman–Crippen LogP) is 1.82. The predicted molar refractivity (Wildman–Crippen MR) is 99.5 cm³/mol. The fourth-order valence-electron chi connectivity index (χ4n) is 3.46. The number of hydrogen-bond donors (Lipinski definition) is 0. The fourth-order valence-corrected chi connectivity index (χ4v) is 3.46. The van der Waals surface area contributed by atoms with Gasteiger partial charge in [-0.2, -0.15) is 0 Å². The van der Waals surface area contributed by atoms with E-state index >= 15 is 0 Å². The van der Waals surface area contributed by atoms with E-state index in [0.717, 1.165) is 11.3 Å². The molecule has 2 atom stereocenters. The largest absolute Gasteiger partial charge is 0.444 e. The van der Waals surface area contributed by atoms with Crippen molar-refractivity contribution in [3.63, 3.8) is 0 Å². The number of rotatable bonds is 6. The van der Waals surface area contributed by atoms with Crippen LogP contribution in [0.1, 0.15) is 18.9 Å². The van der Waals surface area contributed by atoms with Crippen LogP contribution in [0.4, 0.5) is 10.5 Å². The topological polar surface area (TPSA) is 141 Å². The maximum atomic E-state index is 12.5. The van der Waals surface area contributed by atoms with Crippen molar-refractivity contribution in [2.24, 2.45) is 11.0 Å². The molecule has 12 heteroatoms. The van der Waals surface area contributed by atoms with Crippen LogP contribution in [0.15, 0.2) is 29.4 Å². The molecule has 2 unspecified atom stereocenters. The van der Waals surface area contributed by atoms with E-state index in [-0.39, 0.29) is 36.8 Å². The van der Waals surface area contributed by atoms with E-state index in [1.54, 1.807) is 11.0 Å². The van der Waals surface area contributed by atoms with Gasteiger partial charge in [0.2, 0.25) is 0 Å². The van der Waals surface area contributed by atoms with Crippen molar-refractivity contribution >= 4 is 17.7 Å². The number of non-ortho nitro benzene ring substituents is 1. The SMILES string of the molecule is CC1CC(CN2CCN(C(=O)OCc3cccc([N+](=O)[O-])c3)C2=N[N+](=O)[O-])CO1. The summed E-state index contributed by atoms with van der Waals surface area (Å²) in [6, 6.07) is 5.71. The highest BCUT2D eigenvalue weighted by Crippen LogP contribution is 2.23. The van der Waals surface area contributed by atoms with Gasteiger partial charge in [-0.05, 0) is 18.9 Å². The minimum atomic E-state index is -0.845. The molecule has 0 aromatic heterocycles. The average molecular weight is 407 g/mol. The van der Waals surface area contributed by atoms with Crippen molar-refractivity contribution in [2.75, 3.05) is 26.2 Å². The van der Waals surface area contributed by atoms with Crippen LogP contribution in [0.25, 0.3) is 0 Å². The van der Waals surface area contributed by atoms with Crippen molar-refractivity contribution in [2.45, 2.75) is 26.1 Å². The maximum absolute atomic E-state index is 12.5. The highest BCUT2D eigenvalue weighted by Gasteiger charge is 2.37. The molecule has 1 amide bonds. The molecule has 3 rings (SSSR count). The Morgan fingerprint density at radius 2 is 2.14 bits per heavy atom. The van der Waals surface area contributed by atoms with E-state index in [1.165, 1.54) is 18.2 Å². The quantitative estimate of drug-likeness (QED) is 0.514. The molecule has 0 saturated carbocycles. The van der Waals surface area contributed by atoms with Gasteiger partial charge in [-0.3, -0.25) is 10.1 Å². The average Bonchev–Trinajstić information content (AvgIpc) is 3.26. The molecule has 0 aliphatic carbocycles. The van der Waals surface area contributed by atoms with Gasteiger partial charge < -0.3 is 14.4 Å². The molecule has 2 fully saturated rings. The van der Waals surface area contributed by atoms with Crippen molar-refractivity contribution in [1.29, 1.82) is 0 Å². The first-order chi connectivity index (χ1) is 13.8. The van der Waals surface area contributed by atoms with Gasteiger partial charge in [0.1, 0.15) is 11.7 Å². The molecule has 0 N–H and O–H groups in total. The summed E-state index contributed by atoms with van der Waals surface area (Å²) in [7, 11) is 0. The monoisotopic (exact) mass is 407 g/mol. The molecular weight excluding hydrogens is 386 g/mol. The Balaban J connectivity index is 1.64. The van der Waals surface area contributed by atoms with E-state index in [0.29, 0.717) is 25.3 Å². The van der Waals surface area contributed by atoms with Gasteiger partial charge in [-0.25, -0.2) is 19.8 Å². The lowest BCUT2D eigenvalue weighted by atomic mass is 10.1. The van der Waals surface area contributed by atoms with Gasteiger partial charge in [0.15, 0.2) is 5.03 Å². The first-order valence-electron chi connectivity index (χ1n) is 9.10. The Morgan fingerprint density at radius 3 is 2.79 bits per heavy atom. The second-order valence-corrected chi connectivity index (χ2v) is 6.96. The third-order valence-electron chi connectivity index (χ3n) is 4.75. The smallest absolute Gasteiger partial charge is 0.417 e. The molecule has 0 radical (unpaired) electrons. The van der Waals surface area contributed by atoms with Crippen LogP contribution < -0.4 is 0 Å². The van der Waals surface area contributed by atoms with Gasteiger partial charge in [-0.15, -0.1) is 0 Å². The van der Waals surface area contributed by atoms with E-state index in [4.69, 9.17) is 9.47 Å². The number of hydrogen-bond acceptors (Lipinski definition) is 7. The summed E-state index contributed by atoms with van der Waals surface area (Å²) in [5, 5.41) is 24.3. The number of nitro benzene ring substituents is 1. The molecule has 2 heterocycles. The summed E-state index contributed by atoms with van der Waals surface area (Å²) in [6.07, 6.45) is 0.171. The molecule has 2 aliphatic heterocycles. The zero-order chi connectivity index (χ0) is 21.0. The van der Waals surface area contributed by atoms with E-state index in [9.17, 15) is 25.0 Å². The van der Waals surface area contributed by atoms with E-state index in [1.807, 2.05) is 6.92 Å². The molecule has 2 saturated heterocycles. The first-order valence-corrected chi connectivity index (χ1v) is 9.10. The van der Waals surface area contributed by atoms with Crippen LogP contribution >= 0.6 is 0 Å². The number of carbonyl (C=O) groups is 1. The molecule has 29 heavy (non-hydrogen) atoms. The first kappa shape index (κ1) is 20.5. The van der Waals surface area contributed by atoms with Crippen LogP contribution in [0.5, 0.6) is 0 Å². The molecule has 1 aromatic rings. The van der Waals surface area contributed by atoms with Crippen molar-refractivity contribution in [1.82, 2.24) is 9.80 Å². The summed E-state index contributed by atoms with van der Waals surface area (Å²) in [6.45, 7) is 3.41. The Kier molecular flexibility index (Phi) is 6.22. The Morgan fingerprint density at radius 1 is 1.34 bits per heavy atom. The number of hydrazone groups is 1. The van der Waals surface area contributed by atoms with Crippen LogP contribution in [0.2, 0.25) is 0 Å². The Hall–Kier alpha value is -3.28. The van der Waals surface area contributed by atoms with Gasteiger partial charge in [0.25, 0.3) is 11.6 Å². The number of benzene rings is 1. The molecule has 156 valence electrons. The molecule has 0 bridgehead atoms. The summed E-state index contributed by atoms with van der Waals surface area (Å²) in [4.78, 5) is 36.5. The lowest BCUT2D eigenvalue weighted by molar-refractivity contribution is -0.486. The van der Waals surface area contributed by atoms with Crippen LogP contribution in [-0.2, 0) is 16.1 Å². The van der Waals surface area contributed by atoms with Crippen LogP contribution in [-0.4, -0.2) is 64.2 Å². The van der Waals surface area contributed by atoms with Crippen LogP contribution in [0, 0.1) is 26.1 Å². The molecule has 0 spiro atoms. The van der Waals surface area contributed by atoms with Gasteiger partial charge >= 0.3 is 6.09 Å². The van der Waals surface area contributed by atoms with E-state index in [2.05, 4.69) is 5.10 Å². The lowest BCUT2D eigenvalue weighted by Crippen LogP contribution is -2.40. The minimum Gasteiger partial charge on any atom is -0.444 e. The molecule has 1 aromatic carbocycles. The number of nitrogens with zero attached hydrogens (tertiary/aromatic N) is 5. The lowest BCUT2D eigenvalue weighted by Gasteiger charge is -2.21. The number of ether oxygens (including phenoxy) is 2. The zero-order valence-electron chi connectivity index (χ0n) is 15.8. The minimum absolute atomic E-state index is 0.0707. The summed E-state index contributed by atoms with van der Waals surface area (Å²) < 4.78 is 10.7. The number of guanidine groups is 1. The molecule has 12 nitrogen and oxygen atoms in total. The van der Waals surface area contributed by atoms with Gasteiger partial charge in [0, 0.05) is 31.1 Å². The number of nitro groups is 2. The zero-order valence-corrected chi connectivity index (χ0v) is 15.8. The van der Waals surface area contributed by atoms with Gasteiger partial charge in [-0.1, -0.05) is 12.1 Å². The molecule has 2 aliphatic rings. The molecular formula is C17H21N5O7. The van der Waals surface area contributed by atoms with Crippen molar-refractivity contribution in [3.05, 3.63) is 50.1 Å². The van der Waals surface area contributed by atoms with Crippen molar-refractivity contribution in [3.8, 4) is 0 Å². The number of carbonyl (C=O) groups excluding carboxylic acids is 1. The number of amides is 1. The highest BCUT2D eigenvalue weighted by molar-refractivity contribution is 5.95. The third-order valence-corrected chi connectivity index (χ3v) is 4.75. The summed E-state index contributed by atoms with van der Waals surface area (Å²) in [5.74, 6) is 0.126. The summed E-state index contributed by atoms with van der Waals surface area (Å²) >= 11 is 0. The standard InChI is InChI=1S/C17H21N5O7/c1-12-7-14(11-28-12)9-19-5-6-20(16(19)18-22(26)27)17(23)29-10-13-3-2-4-15(8-13)21(24)25/h2-4,8,12,14H,5-7,9-11H2,1H3. The van der Waals surface area contributed by atoms with E-state index < -0.39 is 16.0 Å². The third kappa shape index (κ3) is 5.16. The normalized spacial score (nSPS) is 22.9. The maximum Gasteiger partial charge on any atom is 0.417 e. The Labute approximate surface area is 166 Å². The summed E-state index contributed by atoms with van der Waals surface area (Å²) in [5.41, 5.74) is 0.322. The van der Waals surface area contributed by atoms with Crippen LogP contribution in [0.3, 0.4) is 0 Å². The highest BCUT2D eigenvalue weighted by atomic mass is 16.7. The Bertz CT molecular complexity index is 830. The second-order valence-electron chi connectivity index (χ2n) is 6.96.